The van der Waals surface area contributed by atoms with E-state index in [0.717, 1.165) is 16.5 Å². The number of rotatable bonds is 5. The van der Waals surface area contributed by atoms with Crippen molar-refractivity contribution in [1.29, 1.82) is 0 Å². The van der Waals surface area contributed by atoms with Gasteiger partial charge in [-0.1, -0.05) is 36.4 Å². The molecule has 8 nitrogen and oxygen atoms in total. The second-order valence-electron chi connectivity index (χ2n) is 6.79. The van der Waals surface area contributed by atoms with E-state index in [1.54, 1.807) is 30.6 Å². The third-order valence-electron chi connectivity index (χ3n) is 4.49. The fraction of sp³-hybridized carbons (Fsp3) is 0.238. The number of carbonyl (C=O) groups is 1. The number of carbonyl (C=O) groups excluding carboxylic acids is 1. The fourth-order valence-electron chi connectivity index (χ4n) is 3.30. The van der Waals surface area contributed by atoms with E-state index in [1.807, 2.05) is 18.2 Å². The first-order valence-corrected chi connectivity index (χ1v) is 9.51. The number of fused-ring (bicyclic) bond motifs is 2. The summed E-state index contributed by atoms with van der Waals surface area (Å²) < 4.78 is 6.82. The van der Waals surface area contributed by atoms with Gasteiger partial charge in [-0.05, 0) is 32.2 Å². The Morgan fingerprint density at radius 1 is 1.17 bits per heavy atom. The predicted octanol–water partition coefficient (Wildman–Crippen LogP) is 4.39. The van der Waals surface area contributed by atoms with E-state index in [0.29, 0.717) is 18.0 Å². The highest BCUT2D eigenvalue weighted by Crippen LogP contribution is 2.33. The molecular weight excluding hydrogens is 368 g/mol. The van der Waals surface area contributed by atoms with Crippen LogP contribution in [0.2, 0.25) is 0 Å². The van der Waals surface area contributed by atoms with E-state index in [-0.39, 0.29) is 12.1 Å². The molecule has 29 heavy (non-hydrogen) atoms. The molecule has 0 spiro atoms. The summed E-state index contributed by atoms with van der Waals surface area (Å²) >= 11 is 0. The molecule has 1 amide bonds. The molecule has 0 aliphatic heterocycles. The largest absolute Gasteiger partial charge is 0.447 e. The number of nitrogens with one attached hydrogen (secondary N) is 1. The smallest absolute Gasteiger partial charge is 0.414 e. The first-order chi connectivity index (χ1) is 14.1. The number of amides is 1. The van der Waals surface area contributed by atoms with E-state index in [4.69, 9.17) is 4.74 Å². The number of hydrogen-bond acceptors (Lipinski definition) is 6. The highest BCUT2D eigenvalue weighted by molar-refractivity contribution is 5.96. The minimum Gasteiger partial charge on any atom is -0.447 e. The summed E-state index contributed by atoms with van der Waals surface area (Å²) in [6, 6.07) is 14.4. The van der Waals surface area contributed by atoms with Crippen molar-refractivity contribution in [2.45, 2.75) is 26.9 Å². The maximum absolute atomic E-state index is 12.0. The second kappa shape index (κ2) is 7.75. The van der Waals surface area contributed by atoms with Gasteiger partial charge in [0.2, 0.25) is 11.6 Å². The normalized spacial score (nSPS) is 11.2. The first-order valence-electron chi connectivity index (χ1n) is 9.51. The summed E-state index contributed by atoms with van der Waals surface area (Å²) in [6.07, 6.45) is 2.57. The van der Waals surface area contributed by atoms with Crippen LogP contribution in [0.25, 0.3) is 16.4 Å². The van der Waals surface area contributed by atoms with E-state index in [9.17, 15) is 4.79 Å². The first kappa shape index (κ1) is 18.7. The minimum atomic E-state index is -0.575. The standard InChI is InChI=1S/C21H22N6O2/c1-4-26(17-11-7-9-15-8-5-6-10-16(15)17)18-19-24-25-20(27(19)13-12-22-18)23-21(28)29-14(2)3/h5-14H,4H2,1-3H3,(H,23,25,28). The quantitative estimate of drug-likeness (QED) is 0.544. The van der Waals surface area contributed by atoms with Crippen molar-refractivity contribution >= 4 is 40.0 Å². The number of anilines is 3. The maximum atomic E-state index is 12.0. The van der Waals surface area contributed by atoms with Crippen molar-refractivity contribution in [3.8, 4) is 0 Å². The molecule has 2 aromatic heterocycles. The summed E-state index contributed by atoms with van der Waals surface area (Å²) in [6.45, 7) is 6.31. The zero-order chi connectivity index (χ0) is 20.4. The average Bonchev–Trinajstić information content (AvgIpc) is 3.11. The van der Waals surface area contributed by atoms with Crippen LogP contribution in [-0.4, -0.2) is 38.3 Å². The summed E-state index contributed by atoms with van der Waals surface area (Å²) in [7, 11) is 0. The lowest BCUT2D eigenvalue weighted by Crippen LogP contribution is -2.20. The van der Waals surface area contributed by atoms with Gasteiger partial charge in [0.25, 0.3) is 0 Å². The van der Waals surface area contributed by atoms with Crippen LogP contribution in [0.3, 0.4) is 0 Å². The van der Waals surface area contributed by atoms with Gasteiger partial charge in [0.15, 0.2) is 5.82 Å². The molecule has 148 valence electrons. The van der Waals surface area contributed by atoms with Crippen LogP contribution in [0.5, 0.6) is 0 Å². The Balaban J connectivity index is 1.77. The second-order valence-corrected chi connectivity index (χ2v) is 6.79. The van der Waals surface area contributed by atoms with Crippen LogP contribution in [0.15, 0.2) is 54.9 Å². The highest BCUT2D eigenvalue weighted by atomic mass is 16.6. The van der Waals surface area contributed by atoms with Gasteiger partial charge in [0.05, 0.1) is 11.8 Å². The molecule has 0 fully saturated rings. The molecule has 8 heteroatoms. The number of benzene rings is 2. The van der Waals surface area contributed by atoms with Crippen molar-refractivity contribution in [2.75, 3.05) is 16.8 Å². The predicted molar refractivity (Wildman–Crippen MR) is 113 cm³/mol. The van der Waals surface area contributed by atoms with E-state index < -0.39 is 6.09 Å². The summed E-state index contributed by atoms with van der Waals surface area (Å²) in [5, 5.41) is 13.3. The molecule has 1 N–H and O–H groups in total. The van der Waals surface area contributed by atoms with Crippen molar-refractivity contribution in [1.82, 2.24) is 19.6 Å². The molecule has 0 aliphatic rings. The molecule has 2 aromatic carbocycles. The topological polar surface area (TPSA) is 84.7 Å². The lowest BCUT2D eigenvalue weighted by molar-refractivity contribution is 0.129. The van der Waals surface area contributed by atoms with Crippen LogP contribution in [-0.2, 0) is 4.74 Å². The molecule has 4 aromatic rings. The van der Waals surface area contributed by atoms with E-state index in [2.05, 4.69) is 56.6 Å². The van der Waals surface area contributed by atoms with Gasteiger partial charge >= 0.3 is 6.09 Å². The van der Waals surface area contributed by atoms with Gasteiger partial charge < -0.3 is 9.64 Å². The Morgan fingerprint density at radius 3 is 2.76 bits per heavy atom. The van der Waals surface area contributed by atoms with Crippen LogP contribution in [0, 0.1) is 0 Å². The minimum absolute atomic E-state index is 0.228. The molecular formula is C21H22N6O2. The Labute approximate surface area is 168 Å². The maximum Gasteiger partial charge on any atom is 0.414 e. The van der Waals surface area contributed by atoms with Crippen LogP contribution >= 0.6 is 0 Å². The number of ether oxygens (including phenoxy) is 1. The van der Waals surface area contributed by atoms with E-state index in [1.165, 1.54) is 0 Å². The Bertz CT molecular complexity index is 1160. The Hall–Kier alpha value is -3.68. The zero-order valence-electron chi connectivity index (χ0n) is 16.5. The molecule has 0 atom stereocenters. The monoisotopic (exact) mass is 390 g/mol. The van der Waals surface area contributed by atoms with Gasteiger partial charge in [0.1, 0.15) is 0 Å². The molecule has 0 saturated heterocycles. The molecule has 0 saturated carbocycles. The van der Waals surface area contributed by atoms with Crippen molar-refractivity contribution in [2.24, 2.45) is 0 Å². The highest BCUT2D eigenvalue weighted by Gasteiger charge is 2.19. The van der Waals surface area contributed by atoms with Gasteiger partial charge in [-0.3, -0.25) is 9.72 Å². The number of aromatic nitrogens is 4. The van der Waals surface area contributed by atoms with Gasteiger partial charge in [-0.2, -0.15) is 0 Å². The van der Waals surface area contributed by atoms with Crippen molar-refractivity contribution in [3.05, 3.63) is 54.9 Å². The Kier molecular flexibility index (Phi) is 4.99. The molecule has 0 aliphatic carbocycles. The average molecular weight is 390 g/mol. The third-order valence-corrected chi connectivity index (χ3v) is 4.49. The third kappa shape index (κ3) is 3.56. The SMILES string of the molecule is CCN(c1cccc2ccccc12)c1nccn2c(NC(=O)OC(C)C)nnc12. The zero-order valence-corrected chi connectivity index (χ0v) is 16.5. The van der Waals surface area contributed by atoms with Crippen LogP contribution in [0.4, 0.5) is 22.2 Å². The molecule has 0 radical (unpaired) electrons. The number of nitrogens with zero attached hydrogens (tertiary/aromatic N) is 5. The van der Waals surface area contributed by atoms with E-state index >= 15 is 0 Å². The summed E-state index contributed by atoms with van der Waals surface area (Å²) in [5.41, 5.74) is 1.57. The van der Waals surface area contributed by atoms with Crippen LogP contribution in [0.1, 0.15) is 20.8 Å². The lowest BCUT2D eigenvalue weighted by Gasteiger charge is -2.23. The summed E-state index contributed by atoms with van der Waals surface area (Å²) in [5.74, 6) is 0.937. The lowest BCUT2D eigenvalue weighted by atomic mass is 10.1. The molecule has 2 heterocycles. The van der Waals surface area contributed by atoms with Gasteiger partial charge in [-0.25, -0.2) is 9.78 Å². The molecule has 0 bridgehead atoms. The fourth-order valence-corrected chi connectivity index (χ4v) is 3.30. The van der Waals surface area contributed by atoms with Crippen LogP contribution < -0.4 is 10.2 Å². The molecule has 0 unspecified atom stereocenters. The number of hydrogen-bond donors (Lipinski definition) is 1. The molecule has 4 rings (SSSR count). The van der Waals surface area contributed by atoms with Gasteiger partial charge in [0, 0.05) is 24.3 Å². The van der Waals surface area contributed by atoms with Crippen molar-refractivity contribution < 1.29 is 9.53 Å². The van der Waals surface area contributed by atoms with Crippen molar-refractivity contribution in [3.63, 3.8) is 0 Å². The van der Waals surface area contributed by atoms with Gasteiger partial charge in [-0.15, -0.1) is 10.2 Å². The summed E-state index contributed by atoms with van der Waals surface area (Å²) in [4.78, 5) is 18.6. The Morgan fingerprint density at radius 2 is 1.97 bits per heavy atom.